The van der Waals surface area contributed by atoms with Gasteiger partial charge in [-0.25, -0.2) is 4.68 Å². The summed E-state index contributed by atoms with van der Waals surface area (Å²) in [5.41, 5.74) is 6.10. The lowest BCUT2D eigenvalue weighted by molar-refractivity contribution is -0.384. The van der Waals surface area contributed by atoms with Crippen molar-refractivity contribution < 1.29 is 4.92 Å². The Morgan fingerprint density at radius 2 is 2.31 bits per heavy atom. The molecule has 0 saturated carbocycles. The van der Waals surface area contributed by atoms with Gasteiger partial charge >= 0.3 is 5.69 Å². The van der Waals surface area contributed by atoms with E-state index in [-0.39, 0.29) is 17.5 Å². The van der Waals surface area contributed by atoms with Gasteiger partial charge in [0.1, 0.15) is 5.69 Å². The number of likely N-dealkylation sites (tertiary alicyclic amines) is 1. The molecule has 0 aliphatic carbocycles. The van der Waals surface area contributed by atoms with E-state index in [9.17, 15) is 10.1 Å². The van der Waals surface area contributed by atoms with E-state index in [0.29, 0.717) is 5.69 Å². The third kappa shape index (κ3) is 1.63. The Kier molecular flexibility index (Phi) is 2.55. The summed E-state index contributed by atoms with van der Waals surface area (Å²) in [6.45, 7) is 3.42. The molecule has 16 heavy (non-hydrogen) atoms. The van der Waals surface area contributed by atoms with Gasteiger partial charge in [0.2, 0.25) is 5.82 Å². The number of rotatable bonds is 2. The molecule has 2 heterocycles. The van der Waals surface area contributed by atoms with Gasteiger partial charge in [0.15, 0.2) is 0 Å². The van der Waals surface area contributed by atoms with E-state index >= 15 is 0 Å². The number of hydrogen-bond donors (Lipinski definition) is 1. The van der Waals surface area contributed by atoms with Crippen molar-refractivity contribution in [3.8, 4) is 0 Å². The molecule has 1 fully saturated rings. The lowest BCUT2D eigenvalue weighted by Gasteiger charge is -2.11. The van der Waals surface area contributed by atoms with Gasteiger partial charge in [-0.2, -0.15) is 5.10 Å². The fourth-order valence-electron chi connectivity index (χ4n) is 2.17. The van der Waals surface area contributed by atoms with Crippen LogP contribution < -0.4 is 5.73 Å². The molecule has 0 bridgehead atoms. The second kappa shape index (κ2) is 3.75. The van der Waals surface area contributed by atoms with Crippen LogP contribution in [0, 0.1) is 17.0 Å². The number of anilines is 1. The van der Waals surface area contributed by atoms with Crippen LogP contribution in [0.4, 0.5) is 11.5 Å². The quantitative estimate of drug-likeness (QED) is 0.586. The number of nitrogens with zero attached hydrogens (tertiary/aromatic N) is 4. The first-order valence-corrected chi connectivity index (χ1v) is 5.18. The second-order valence-electron chi connectivity index (χ2n) is 4.23. The van der Waals surface area contributed by atoms with Crippen LogP contribution in [0.1, 0.15) is 18.2 Å². The van der Waals surface area contributed by atoms with E-state index in [2.05, 4.69) is 10.00 Å². The first-order valence-electron chi connectivity index (χ1n) is 5.18. The normalized spacial score (nSPS) is 21.5. The number of hydrogen-bond acceptors (Lipinski definition) is 5. The largest absolute Gasteiger partial charge is 0.378 e. The van der Waals surface area contributed by atoms with Gasteiger partial charge in [-0.1, -0.05) is 0 Å². The third-order valence-electron chi connectivity index (χ3n) is 2.98. The van der Waals surface area contributed by atoms with Crippen LogP contribution in [0.2, 0.25) is 0 Å². The van der Waals surface area contributed by atoms with Crippen molar-refractivity contribution in [3.63, 3.8) is 0 Å². The Bertz CT molecular complexity index is 428. The van der Waals surface area contributed by atoms with Gasteiger partial charge in [0.05, 0.1) is 11.0 Å². The maximum absolute atomic E-state index is 10.8. The summed E-state index contributed by atoms with van der Waals surface area (Å²) < 4.78 is 1.59. The molecule has 1 aromatic rings. The Balaban J connectivity index is 2.36. The molecular weight excluding hydrogens is 210 g/mol. The Morgan fingerprint density at radius 3 is 2.75 bits per heavy atom. The molecule has 0 radical (unpaired) electrons. The maximum atomic E-state index is 10.8. The number of aryl methyl sites for hydroxylation is 1. The van der Waals surface area contributed by atoms with Gasteiger partial charge in [-0.15, -0.1) is 0 Å². The molecule has 1 unspecified atom stereocenters. The van der Waals surface area contributed by atoms with Crippen molar-refractivity contribution in [1.82, 2.24) is 14.7 Å². The SMILES string of the molecule is Cc1nn(C2CCN(C)C2)c(N)c1[N+](=O)[O-]. The van der Waals surface area contributed by atoms with Crippen LogP contribution in [0.3, 0.4) is 0 Å². The topological polar surface area (TPSA) is 90.2 Å². The Hall–Kier alpha value is -1.63. The number of aromatic nitrogens is 2. The highest BCUT2D eigenvalue weighted by atomic mass is 16.6. The predicted octanol–water partition coefficient (Wildman–Crippen LogP) is 0.559. The molecule has 1 saturated heterocycles. The number of nitrogens with two attached hydrogens (primary N) is 1. The molecule has 0 spiro atoms. The number of nitrogen functional groups attached to an aromatic ring is 1. The summed E-state index contributed by atoms with van der Waals surface area (Å²) in [6.07, 6.45) is 0.930. The highest BCUT2D eigenvalue weighted by molar-refractivity contribution is 5.56. The second-order valence-corrected chi connectivity index (χ2v) is 4.23. The first-order chi connectivity index (χ1) is 7.50. The molecule has 0 amide bonds. The van der Waals surface area contributed by atoms with Gasteiger partial charge in [-0.3, -0.25) is 10.1 Å². The van der Waals surface area contributed by atoms with E-state index in [1.807, 2.05) is 7.05 Å². The average molecular weight is 225 g/mol. The summed E-state index contributed by atoms with van der Waals surface area (Å²) >= 11 is 0. The van der Waals surface area contributed by atoms with Crippen LogP contribution in [-0.4, -0.2) is 39.7 Å². The van der Waals surface area contributed by atoms with Crippen molar-refractivity contribution in [2.75, 3.05) is 25.9 Å². The molecule has 2 N–H and O–H groups in total. The molecule has 0 aromatic carbocycles. The molecular formula is C9H15N5O2. The Morgan fingerprint density at radius 1 is 1.62 bits per heavy atom. The third-order valence-corrected chi connectivity index (χ3v) is 2.98. The van der Waals surface area contributed by atoms with E-state index in [4.69, 9.17) is 5.73 Å². The molecule has 1 aliphatic rings. The highest BCUT2D eigenvalue weighted by Crippen LogP contribution is 2.30. The number of nitro groups is 1. The fraction of sp³-hybridized carbons (Fsp3) is 0.667. The van der Waals surface area contributed by atoms with Gasteiger partial charge in [0.25, 0.3) is 0 Å². The van der Waals surface area contributed by atoms with Crippen molar-refractivity contribution in [1.29, 1.82) is 0 Å². The van der Waals surface area contributed by atoms with Gasteiger partial charge < -0.3 is 10.6 Å². The van der Waals surface area contributed by atoms with E-state index < -0.39 is 4.92 Å². The van der Waals surface area contributed by atoms with Crippen molar-refractivity contribution in [2.24, 2.45) is 0 Å². The standard InChI is InChI=1S/C9H15N5O2/c1-6-8(14(15)16)9(10)13(11-6)7-3-4-12(2)5-7/h7H,3-5,10H2,1-2H3. The van der Waals surface area contributed by atoms with Crippen molar-refractivity contribution >= 4 is 11.5 Å². The smallest absolute Gasteiger partial charge is 0.333 e. The summed E-state index contributed by atoms with van der Waals surface area (Å²) in [7, 11) is 2.01. The van der Waals surface area contributed by atoms with Gasteiger partial charge in [0, 0.05) is 13.1 Å². The van der Waals surface area contributed by atoms with Crippen molar-refractivity contribution in [2.45, 2.75) is 19.4 Å². The monoisotopic (exact) mass is 225 g/mol. The molecule has 1 aliphatic heterocycles. The minimum absolute atomic E-state index is 0.0606. The van der Waals surface area contributed by atoms with E-state index in [1.165, 1.54) is 0 Å². The zero-order valence-electron chi connectivity index (χ0n) is 9.38. The average Bonchev–Trinajstić information content (AvgIpc) is 2.70. The Labute approximate surface area is 93.0 Å². The van der Waals surface area contributed by atoms with Crippen LogP contribution in [0.25, 0.3) is 0 Å². The zero-order chi connectivity index (χ0) is 11.9. The van der Waals surface area contributed by atoms with Crippen molar-refractivity contribution in [3.05, 3.63) is 15.8 Å². The summed E-state index contributed by atoms with van der Waals surface area (Å²) in [5.74, 6) is 0.169. The minimum Gasteiger partial charge on any atom is -0.378 e. The molecule has 7 heteroatoms. The number of likely N-dealkylation sites (N-methyl/N-ethyl adjacent to an activating group) is 1. The molecule has 88 valence electrons. The fourth-order valence-corrected chi connectivity index (χ4v) is 2.17. The van der Waals surface area contributed by atoms with Crippen LogP contribution in [0.15, 0.2) is 0 Å². The van der Waals surface area contributed by atoms with Gasteiger partial charge in [-0.05, 0) is 20.4 Å². The van der Waals surface area contributed by atoms with E-state index in [0.717, 1.165) is 19.5 Å². The maximum Gasteiger partial charge on any atom is 0.333 e. The van der Waals surface area contributed by atoms with Crippen LogP contribution in [-0.2, 0) is 0 Å². The predicted molar refractivity (Wildman–Crippen MR) is 59.2 cm³/mol. The van der Waals surface area contributed by atoms with Crippen LogP contribution in [0.5, 0.6) is 0 Å². The highest BCUT2D eigenvalue weighted by Gasteiger charge is 2.29. The first kappa shape index (κ1) is 10.9. The van der Waals surface area contributed by atoms with E-state index in [1.54, 1.807) is 11.6 Å². The molecule has 1 aromatic heterocycles. The van der Waals surface area contributed by atoms with Crippen LogP contribution >= 0.6 is 0 Å². The lowest BCUT2D eigenvalue weighted by Crippen LogP contribution is -2.18. The minimum atomic E-state index is -0.465. The summed E-state index contributed by atoms with van der Waals surface area (Å²) in [6, 6.07) is 0.150. The molecule has 2 rings (SSSR count). The molecule has 7 nitrogen and oxygen atoms in total. The lowest BCUT2D eigenvalue weighted by atomic mass is 10.3. The summed E-state index contributed by atoms with van der Waals surface area (Å²) in [5, 5.41) is 15.0. The zero-order valence-corrected chi connectivity index (χ0v) is 9.38. The summed E-state index contributed by atoms with van der Waals surface area (Å²) in [4.78, 5) is 12.5. The molecule has 1 atom stereocenters.